The first-order chi connectivity index (χ1) is 11.8. The second-order valence-electron chi connectivity index (χ2n) is 5.75. The van der Waals surface area contributed by atoms with Gasteiger partial charge in [-0.15, -0.1) is 0 Å². The quantitative estimate of drug-likeness (QED) is 0.477. The summed E-state index contributed by atoms with van der Waals surface area (Å²) in [5.41, 5.74) is 7.52. The third kappa shape index (κ3) is 4.36. The van der Waals surface area contributed by atoms with Crippen LogP contribution in [0.5, 0.6) is 0 Å². The first-order valence-electron chi connectivity index (χ1n) is 7.54. The second kappa shape index (κ2) is 7.80. The molecule has 8 heteroatoms. The molecular weight excluding hydrogens is 338 g/mol. The highest BCUT2D eigenvalue weighted by atomic mass is 32.1. The molecule has 0 atom stereocenters. The lowest BCUT2D eigenvalue weighted by atomic mass is 10.1. The Morgan fingerprint density at radius 1 is 1.24 bits per heavy atom. The standard InChI is InChI=1S/C17H19N5O2S/c1-11-9-13(21(3)4)5-7-16(11)19-18-12(2)15-10-14(22(23)24)6-8-17(15)20-25/h5-10,19H,1-4H3. The fourth-order valence-electron chi connectivity index (χ4n) is 2.26. The molecule has 0 aliphatic rings. The predicted molar refractivity (Wildman–Crippen MR) is 104 cm³/mol. The monoisotopic (exact) mass is 357 g/mol. The van der Waals surface area contributed by atoms with Crippen molar-refractivity contribution in [2.45, 2.75) is 13.8 Å². The molecule has 0 heterocycles. The zero-order chi connectivity index (χ0) is 18.6. The van der Waals surface area contributed by atoms with E-state index < -0.39 is 4.92 Å². The molecule has 1 N–H and O–H groups in total. The van der Waals surface area contributed by atoms with Gasteiger partial charge in [0.1, 0.15) is 0 Å². The number of aryl methyl sites for hydroxylation is 1. The van der Waals surface area contributed by atoms with Gasteiger partial charge >= 0.3 is 0 Å². The lowest BCUT2D eigenvalue weighted by molar-refractivity contribution is -0.384. The molecule has 2 aromatic carbocycles. The van der Waals surface area contributed by atoms with E-state index in [2.05, 4.69) is 14.9 Å². The van der Waals surface area contributed by atoms with E-state index in [1.807, 2.05) is 44.1 Å². The van der Waals surface area contributed by atoms with E-state index in [0.717, 1.165) is 16.9 Å². The van der Waals surface area contributed by atoms with Crippen molar-refractivity contribution >= 4 is 40.9 Å². The molecule has 0 aliphatic heterocycles. The van der Waals surface area contributed by atoms with E-state index >= 15 is 0 Å². The van der Waals surface area contributed by atoms with Crippen LogP contribution >= 0.6 is 0 Å². The van der Waals surface area contributed by atoms with Crippen molar-refractivity contribution in [2.75, 3.05) is 24.4 Å². The molecule has 0 saturated carbocycles. The third-order valence-electron chi connectivity index (χ3n) is 3.75. The van der Waals surface area contributed by atoms with Crippen molar-refractivity contribution in [1.29, 1.82) is 0 Å². The smallest absolute Gasteiger partial charge is 0.270 e. The number of nitrogens with zero attached hydrogens (tertiary/aromatic N) is 4. The summed E-state index contributed by atoms with van der Waals surface area (Å²) in [6.07, 6.45) is 0. The average Bonchev–Trinajstić information content (AvgIpc) is 2.59. The molecule has 2 rings (SSSR count). The van der Waals surface area contributed by atoms with Crippen LogP contribution in [0.15, 0.2) is 45.9 Å². The first-order valence-corrected chi connectivity index (χ1v) is 7.90. The number of anilines is 2. The molecule has 0 bridgehead atoms. The van der Waals surface area contributed by atoms with Gasteiger partial charge in [0.15, 0.2) is 0 Å². The SMILES string of the molecule is CC(=NNc1ccc(N(C)C)cc1C)c1cc([N+](=O)[O-])ccc1N=S. The molecule has 130 valence electrons. The van der Waals surface area contributed by atoms with Crippen molar-refractivity contribution in [1.82, 2.24) is 0 Å². The summed E-state index contributed by atoms with van der Waals surface area (Å²) in [6.45, 7) is 3.73. The summed E-state index contributed by atoms with van der Waals surface area (Å²) in [4.78, 5) is 12.5. The number of nitro groups is 1. The number of benzene rings is 2. The minimum absolute atomic E-state index is 0.0292. The Bertz CT molecular complexity index is 849. The number of nitrogens with one attached hydrogen (secondary N) is 1. The molecule has 0 amide bonds. The fourth-order valence-corrected chi connectivity index (χ4v) is 2.42. The molecule has 0 saturated heterocycles. The highest BCUT2D eigenvalue weighted by molar-refractivity contribution is 7.47. The Labute approximate surface area is 151 Å². The summed E-state index contributed by atoms with van der Waals surface area (Å²) in [5, 5.41) is 15.3. The third-order valence-corrected chi connectivity index (χ3v) is 3.95. The molecular formula is C17H19N5O2S. The minimum atomic E-state index is -0.457. The summed E-state index contributed by atoms with van der Waals surface area (Å²) in [6, 6.07) is 10.3. The maximum atomic E-state index is 11.0. The lowest BCUT2D eigenvalue weighted by Gasteiger charge is -2.15. The van der Waals surface area contributed by atoms with Crippen molar-refractivity contribution in [3.8, 4) is 0 Å². The Morgan fingerprint density at radius 2 is 1.96 bits per heavy atom. The van der Waals surface area contributed by atoms with E-state index in [4.69, 9.17) is 12.4 Å². The van der Waals surface area contributed by atoms with Crippen molar-refractivity contribution < 1.29 is 4.92 Å². The van der Waals surface area contributed by atoms with Gasteiger partial charge < -0.3 is 4.90 Å². The maximum Gasteiger partial charge on any atom is 0.270 e. The van der Waals surface area contributed by atoms with Crippen LogP contribution in [-0.4, -0.2) is 24.7 Å². The van der Waals surface area contributed by atoms with Gasteiger partial charge in [-0.1, -0.05) is 0 Å². The Kier molecular flexibility index (Phi) is 5.76. The molecule has 25 heavy (non-hydrogen) atoms. The van der Waals surface area contributed by atoms with Crippen molar-refractivity contribution in [3.05, 3.63) is 57.6 Å². The molecule has 0 aromatic heterocycles. The van der Waals surface area contributed by atoms with Crippen LogP contribution in [0.4, 0.5) is 22.7 Å². The molecule has 7 nitrogen and oxygen atoms in total. The van der Waals surface area contributed by atoms with Gasteiger partial charge in [0.25, 0.3) is 5.69 Å². The molecule has 2 aromatic rings. The molecule has 0 radical (unpaired) electrons. The van der Waals surface area contributed by atoms with Crippen molar-refractivity contribution in [3.63, 3.8) is 0 Å². The molecule has 0 fully saturated rings. The van der Waals surface area contributed by atoms with E-state index in [1.165, 1.54) is 18.2 Å². The van der Waals surface area contributed by atoms with E-state index in [9.17, 15) is 10.1 Å². The van der Waals surface area contributed by atoms with Crippen LogP contribution in [-0.2, 0) is 12.4 Å². The van der Waals surface area contributed by atoms with Crippen LogP contribution in [0.2, 0.25) is 0 Å². The maximum absolute atomic E-state index is 11.0. The van der Waals surface area contributed by atoms with E-state index in [0.29, 0.717) is 17.0 Å². The Hall–Kier alpha value is -2.87. The van der Waals surface area contributed by atoms with Crippen LogP contribution < -0.4 is 10.3 Å². The molecule has 0 unspecified atom stereocenters. The number of hydrogen-bond donors (Lipinski definition) is 1. The van der Waals surface area contributed by atoms with Gasteiger partial charge in [-0.05, 0) is 43.7 Å². The lowest BCUT2D eigenvalue weighted by Crippen LogP contribution is -2.09. The zero-order valence-corrected chi connectivity index (χ0v) is 15.3. The van der Waals surface area contributed by atoms with Gasteiger partial charge in [-0.3, -0.25) is 15.5 Å². The highest BCUT2D eigenvalue weighted by Crippen LogP contribution is 2.26. The van der Waals surface area contributed by atoms with E-state index in [-0.39, 0.29) is 5.69 Å². The van der Waals surface area contributed by atoms with Gasteiger partial charge in [0.05, 0.1) is 22.0 Å². The number of non-ortho nitro benzene ring substituents is 1. The Balaban J connectivity index is 2.32. The molecule has 0 spiro atoms. The second-order valence-corrected chi connectivity index (χ2v) is 5.94. The van der Waals surface area contributed by atoms with Gasteiger partial charge in [-0.25, -0.2) is 0 Å². The molecule has 0 aliphatic carbocycles. The minimum Gasteiger partial charge on any atom is -0.378 e. The van der Waals surface area contributed by atoms with Gasteiger partial charge in [0.2, 0.25) is 0 Å². The number of hydrazone groups is 1. The number of nitro benzene ring substituents is 1. The summed E-state index contributed by atoms with van der Waals surface area (Å²) >= 11 is 4.75. The normalized spacial score (nSPS) is 11.1. The van der Waals surface area contributed by atoms with Crippen LogP contribution in [0.3, 0.4) is 0 Å². The van der Waals surface area contributed by atoms with Crippen LogP contribution in [0.1, 0.15) is 18.1 Å². The fraction of sp³-hybridized carbons (Fsp3) is 0.235. The summed E-state index contributed by atoms with van der Waals surface area (Å²) < 4.78 is 3.74. The Morgan fingerprint density at radius 3 is 2.52 bits per heavy atom. The predicted octanol–water partition coefficient (Wildman–Crippen LogP) is 4.17. The summed E-state index contributed by atoms with van der Waals surface area (Å²) in [5.74, 6) is 0. The summed E-state index contributed by atoms with van der Waals surface area (Å²) in [7, 11) is 3.96. The van der Waals surface area contributed by atoms with Crippen molar-refractivity contribution in [2.24, 2.45) is 9.46 Å². The average molecular weight is 357 g/mol. The van der Waals surface area contributed by atoms with Crippen LogP contribution in [0.25, 0.3) is 0 Å². The van der Waals surface area contributed by atoms with Gasteiger partial charge in [-0.2, -0.15) is 9.46 Å². The first kappa shape index (κ1) is 18.5. The number of hydrogen-bond acceptors (Lipinski definition) is 7. The van der Waals surface area contributed by atoms with E-state index in [1.54, 1.807) is 6.92 Å². The zero-order valence-electron chi connectivity index (χ0n) is 14.5. The highest BCUT2D eigenvalue weighted by Gasteiger charge is 2.13. The van der Waals surface area contributed by atoms with Gasteiger partial charge in [0, 0.05) is 49.9 Å². The number of rotatable bonds is 6. The van der Waals surface area contributed by atoms with Crippen LogP contribution in [0, 0.1) is 17.0 Å². The topological polar surface area (TPSA) is 83.1 Å². The largest absolute Gasteiger partial charge is 0.378 e.